The summed E-state index contributed by atoms with van der Waals surface area (Å²) in [4.78, 5) is 0. The monoisotopic (exact) mass is 824 g/mol. The Morgan fingerprint density at radius 1 is 0.766 bits per heavy atom. The summed E-state index contributed by atoms with van der Waals surface area (Å²) in [5, 5.41) is 5.02. The normalized spacial score (nSPS) is 15.6. The average molecular weight is 823 g/mol. The molecule has 4 aromatic carbocycles. The van der Waals surface area contributed by atoms with Crippen LogP contribution in [0.1, 0.15) is 55.4 Å². The first-order valence-electron chi connectivity index (χ1n) is 16.0. The quantitative estimate of drug-likeness (QED) is 0.126. The van der Waals surface area contributed by atoms with E-state index < -0.39 is 7.26 Å². The van der Waals surface area contributed by atoms with E-state index in [9.17, 15) is 0 Å². The fraction of sp³-hybridized carbons (Fsp3) is 0.167. The zero-order chi connectivity index (χ0) is 32.8. The molecule has 47 heavy (non-hydrogen) atoms. The van der Waals surface area contributed by atoms with E-state index >= 15 is 0 Å². The SMILES string of the molecule is CC=C1CCCC1=CC(C#Cc1c(C)c(C)c(/C=C/C)c2nsnc12)=C([C]#[Os])[P+](c1ccccc1)(c1ccccc1)c1ccccc1. The Kier molecular flexibility index (Phi) is 10.4. The van der Waals surface area contributed by atoms with E-state index in [0.29, 0.717) is 0 Å². The summed E-state index contributed by atoms with van der Waals surface area (Å²) in [6, 6.07) is 33.0. The van der Waals surface area contributed by atoms with Crippen molar-refractivity contribution in [2.45, 2.75) is 47.0 Å². The number of hydrogen-bond donors (Lipinski definition) is 0. The van der Waals surface area contributed by atoms with Crippen LogP contribution in [0.15, 0.2) is 131 Å². The second kappa shape index (κ2) is 14.9. The average Bonchev–Trinajstić information content (AvgIpc) is 3.79. The molecular formula is C42H37N2OsPS+. The van der Waals surface area contributed by atoms with Gasteiger partial charge in [0.25, 0.3) is 0 Å². The van der Waals surface area contributed by atoms with Gasteiger partial charge in [0, 0.05) is 0 Å². The number of nitrogens with zero attached hydrogens (tertiary/aromatic N) is 2. The molecule has 5 aromatic rings. The molecule has 0 unspecified atom stereocenters. The van der Waals surface area contributed by atoms with Gasteiger partial charge in [-0.15, -0.1) is 0 Å². The van der Waals surface area contributed by atoms with Crippen LogP contribution in [-0.4, -0.2) is 8.75 Å². The van der Waals surface area contributed by atoms with Crippen LogP contribution in [0.2, 0.25) is 0 Å². The Hall–Kier alpha value is -3.93. The van der Waals surface area contributed by atoms with Gasteiger partial charge < -0.3 is 0 Å². The van der Waals surface area contributed by atoms with Crippen molar-refractivity contribution in [3.63, 3.8) is 0 Å². The van der Waals surface area contributed by atoms with Crippen LogP contribution in [0.3, 0.4) is 0 Å². The molecular weight excluding hydrogens is 786 g/mol. The number of aromatic nitrogens is 2. The number of benzene rings is 4. The minimum atomic E-state index is -2.43. The van der Waals surface area contributed by atoms with Crippen molar-refractivity contribution in [3.05, 3.63) is 154 Å². The summed E-state index contributed by atoms with van der Waals surface area (Å²) >= 11 is 3.06. The Bertz CT molecular complexity index is 2060. The van der Waals surface area contributed by atoms with Crippen molar-refractivity contribution in [2.75, 3.05) is 0 Å². The Morgan fingerprint density at radius 2 is 1.32 bits per heavy atom. The molecule has 1 aliphatic carbocycles. The molecule has 1 aliphatic rings. The third kappa shape index (κ3) is 6.24. The van der Waals surface area contributed by atoms with Crippen LogP contribution in [0.5, 0.6) is 0 Å². The van der Waals surface area contributed by atoms with Crippen LogP contribution >= 0.6 is 19.0 Å². The molecule has 0 spiro atoms. The van der Waals surface area contributed by atoms with Crippen LogP contribution in [0.4, 0.5) is 0 Å². The molecule has 0 bridgehead atoms. The van der Waals surface area contributed by atoms with Crippen molar-refractivity contribution in [1.82, 2.24) is 8.75 Å². The number of fused-ring (bicyclic) bond motifs is 1. The first-order valence-corrected chi connectivity index (χ1v) is 19.8. The molecule has 0 saturated heterocycles. The second-order valence-corrected chi connectivity index (χ2v) is 16.1. The minimum absolute atomic E-state index is 0.879. The van der Waals surface area contributed by atoms with Crippen molar-refractivity contribution in [3.8, 4) is 16.2 Å². The van der Waals surface area contributed by atoms with Gasteiger partial charge in [0.1, 0.15) is 0 Å². The van der Waals surface area contributed by atoms with Crippen molar-refractivity contribution >= 4 is 52.0 Å². The molecule has 5 heteroatoms. The molecule has 1 aromatic heterocycles. The second-order valence-electron chi connectivity index (χ2n) is 11.6. The number of rotatable bonds is 6. The Labute approximate surface area is 293 Å². The molecule has 1 fully saturated rings. The molecule has 0 amide bonds. The van der Waals surface area contributed by atoms with E-state index in [1.54, 1.807) is 17.9 Å². The molecule has 0 N–H and O–H groups in total. The van der Waals surface area contributed by atoms with Crippen LogP contribution in [-0.2, 0) is 17.9 Å². The molecule has 0 radical (unpaired) electrons. The standard InChI is InChI=1S/C42H37N2PS.Os/c1-6-18-39-30(3)31(4)40(42-41(39)43-46-44-42)28-27-34(29-35-20-17-19-33(35)7-2)32(5)45(36-21-11-8-12-22-36,37-23-13-9-14-24-37)38-25-15-10-16-26-38;/h6-16,18,21-26,29H,17,19-20H2,1-4H3;/q+1;/b18-6+,33-7?,34-32?,35-29?;. The Morgan fingerprint density at radius 3 is 1.85 bits per heavy atom. The third-order valence-electron chi connectivity index (χ3n) is 9.05. The molecule has 233 valence electrons. The van der Waals surface area contributed by atoms with Gasteiger partial charge in [-0.25, -0.2) is 0 Å². The van der Waals surface area contributed by atoms with E-state index in [0.717, 1.165) is 57.9 Å². The summed E-state index contributed by atoms with van der Waals surface area (Å²) < 4.78 is 13.3. The van der Waals surface area contributed by atoms with Gasteiger partial charge in [-0.05, 0) is 0 Å². The summed E-state index contributed by atoms with van der Waals surface area (Å²) in [5.41, 5.74) is 10.0. The summed E-state index contributed by atoms with van der Waals surface area (Å²) in [5.74, 6) is 7.48. The van der Waals surface area contributed by atoms with Gasteiger partial charge >= 0.3 is 295 Å². The zero-order valence-corrected chi connectivity index (χ0v) is 31.4. The number of allylic oxidation sites excluding steroid dienone is 7. The van der Waals surface area contributed by atoms with Gasteiger partial charge in [-0.1, -0.05) is 0 Å². The summed E-state index contributed by atoms with van der Waals surface area (Å²) in [6.07, 6.45) is 12.2. The molecule has 6 rings (SSSR count). The summed E-state index contributed by atoms with van der Waals surface area (Å²) in [7, 11) is -2.43. The van der Waals surface area contributed by atoms with Crippen molar-refractivity contribution in [2.24, 2.45) is 0 Å². The van der Waals surface area contributed by atoms with E-state index in [1.807, 2.05) is 6.92 Å². The number of hydrogen-bond acceptors (Lipinski definition) is 3. The van der Waals surface area contributed by atoms with Gasteiger partial charge in [0.05, 0.1) is 0 Å². The van der Waals surface area contributed by atoms with Gasteiger partial charge in [0.15, 0.2) is 0 Å². The van der Waals surface area contributed by atoms with Gasteiger partial charge in [-0.3, -0.25) is 0 Å². The molecule has 1 heterocycles. The van der Waals surface area contributed by atoms with Gasteiger partial charge in [-0.2, -0.15) is 0 Å². The fourth-order valence-corrected chi connectivity index (χ4v) is 12.9. The van der Waals surface area contributed by atoms with Gasteiger partial charge in [0.2, 0.25) is 0 Å². The van der Waals surface area contributed by atoms with Crippen LogP contribution in [0, 0.1) is 30.1 Å². The third-order valence-corrected chi connectivity index (χ3v) is 15.0. The van der Waals surface area contributed by atoms with Crippen LogP contribution < -0.4 is 15.9 Å². The Balaban J connectivity index is 1.75. The molecule has 1 saturated carbocycles. The topological polar surface area (TPSA) is 25.8 Å². The molecule has 2 nitrogen and oxygen atoms in total. The fourth-order valence-electron chi connectivity index (χ4n) is 6.63. The van der Waals surface area contributed by atoms with E-state index in [2.05, 4.69) is 152 Å². The first-order chi connectivity index (χ1) is 23.0. The van der Waals surface area contributed by atoms with Crippen LogP contribution in [0.25, 0.3) is 17.1 Å². The van der Waals surface area contributed by atoms with E-state index in [-0.39, 0.29) is 0 Å². The molecule has 0 atom stereocenters. The van der Waals surface area contributed by atoms with Crippen molar-refractivity contribution in [1.29, 1.82) is 0 Å². The van der Waals surface area contributed by atoms with Crippen molar-refractivity contribution < 1.29 is 17.9 Å². The molecule has 0 aliphatic heterocycles. The predicted molar refractivity (Wildman–Crippen MR) is 200 cm³/mol. The maximum atomic E-state index is 4.77. The summed E-state index contributed by atoms with van der Waals surface area (Å²) in [6.45, 7) is 8.53. The van der Waals surface area contributed by atoms with E-state index in [1.165, 1.54) is 44.4 Å². The first kappa shape index (κ1) is 33.0. The maximum absolute atomic E-state index is 4.77. The zero-order valence-electron chi connectivity index (χ0n) is 27.2. The predicted octanol–water partition coefficient (Wildman–Crippen LogP) is 9.50. The van der Waals surface area contributed by atoms with E-state index in [4.69, 9.17) is 8.75 Å².